The van der Waals surface area contributed by atoms with Gasteiger partial charge in [0.2, 0.25) is 0 Å². The van der Waals surface area contributed by atoms with E-state index in [9.17, 15) is 9.18 Å². The van der Waals surface area contributed by atoms with Gasteiger partial charge in [-0.3, -0.25) is 4.79 Å². The van der Waals surface area contributed by atoms with Crippen LogP contribution >= 0.6 is 15.9 Å². The Morgan fingerprint density at radius 2 is 1.90 bits per heavy atom. The van der Waals surface area contributed by atoms with Crippen molar-refractivity contribution in [3.8, 4) is 0 Å². The van der Waals surface area contributed by atoms with E-state index in [0.29, 0.717) is 22.3 Å². The first-order valence-corrected chi connectivity index (χ1v) is 6.82. The van der Waals surface area contributed by atoms with E-state index in [2.05, 4.69) is 15.9 Å². The van der Waals surface area contributed by atoms with Crippen LogP contribution in [-0.4, -0.2) is 17.9 Å². The Kier molecular flexibility index (Phi) is 4.39. The van der Waals surface area contributed by atoms with E-state index in [0.717, 1.165) is 5.56 Å². The van der Waals surface area contributed by atoms with Gasteiger partial charge in [-0.1, -0.05) is 18.2 Å². The van der Waals surface area contributed by atoms with Gasteiger partial charge >= 0.3 is 0 Å². The quantitative estimate of drug-likeness (QED) is 0.872. The van der Waals surface area contributed by atoms with Gasteiger partial charge in [-0.25, -0.2) is 4.39 Å². The molecular weight excluding hydrogens is 323 g/mol. The van der Waals surface area contributed by atoms with Crippen molar-refractivity contribution in [2.45, 2.75) is 6.54 Å². The second-order valence-electron chi connectivity index (χ2n) is 4.50. The lowest BCUT2D eigenvalue weighted by atomic mass is 10.1. The summed E-state index contributed by atoms with van der Waals surface area (Å²) in [7, 11) is 1.70. The summed E-state index contributed by atoms with van der Waals surface area (Å²) in [5, 5.41) is 0. The lowest BCUT2D eigenvalue weighted by molar-refractivity contribution is 0.0784. The van der Waals surface area contributed by atoms with Crippen molar-refractivity contribution in [3.05, 3.63) is 63.9 Å². The topological polar surface area (TPSA) is 46.3 Å². The van der Waals surface area contributed by atoms with Gasteiger partial charge in [-0.05, 0) is 45.8 Å². The van der Waals surface area contributed by atoms with Gasteiger partial charge < -0.3 is 10.6 Å². The molecule has 0 atom stereocenters. The van der Waals surface area contributed by atoms with Crippen molar-refractivity contribution < 1.29 is 9.18 Å². The third-order valence-electron chi connectivity index (χ3n) is 2.94. The van der Waals surface area contributed by atoms with Crippen LogP contribution in [-0.2, 0) is 6.54 Å². The molecule has 0 spiro atoms. The van der Waals surface area contributed by atoms with Crippen LogP contribution in [0.2, 0.25) is 0 Å². The molecule has 0 radical (unpaired) electrons. The molecule has 0 aromatic heterocycles. The summed E-state index contributed by atoms with van der Waals surface area (Å²) in [4.78, 5) is 13.9. The lowest BCUT2D eigenvalue weighted by Gasteiger charge is -2.18. The van der Waals surface area contributed by atoms with Gasteiger partial charge in [-0.2, -0.15) is 0 Å². The molecule has 2 N–H and O–H groups in total. The largest absolute Gasteiger partial charge is 0.398 e. The molecule has 0 fully saturated rings. The Bertz CT molecular complexity index is 628. The number of hydrogen-bond acceptors (Lipinski definition) is 2. The first-order chi connectivity index (χ1) is 9.49. The van der Waals surface area contributed by atoms with Crippen molar-refractivity contribution in [2.75, 3.05) is 12.8 Å². The van der Waals surface area contributed by atoms with E-state index < -0.39 is 0 Å². The average molecular weight is 337 g/mol. The van der Waals surface area contributed by atoms with Crippen LogP contribution in [0.1, 0.15) is 15.9 Å². The van der Waals surface area contributed by atoms with Crippen LogP contribution in [0, 0.1) is 5.82 Å². The van der Waals surface area contributed by atoms with Crippen molar-refractivity contribution in [1.82, 2.24) is 4.90 Å². The van der Waals surface area contributed by atoms with Crippen LogP contribution in [0.5, 0.6) is 0 Å². The SMILES string of the molecule is CN(Cc1ccc(F)cc1)C(=O)c1cccc(N)c1Br. The molecule has 0 aliphatic rings. The molecule has 0 heterocycles. The number of nitrogens with two attached hydrogens (primary N) is 1. The first kappa shape index (κ1) is 14.5. The Morgan fingerprint density at radius 1 is 1.25 bits per heavy atom. The van der Waals surface area contributed by atoms with E-state index in [1.54, 1.807) is 42.3 Å². The molecule has 2 rings (SSSR count). The normalized spacial score (nSPS) is 10.3. The highest BCUT2D eigenvalue weighted by Crippen LogP contribution is 2.25. The van der Waals surface area contributed by atoms with Crippen LogP contribution in [0.3, 0.4) is 0 Å². The van der Waals surface area contributed by atoms with Gasteiger partial charge in [0.25, 0.3) is 5.91 Å². The summed E-state index contributed by atoms with van der Waals surface area (Å²) in [5.41, 5.74) is 7.66. The molecule has 0 saturated heterocycles. The second kappa shape index (κ2) is 6.05. The summed E-state index contributed by atoms with van der Waals surface area (Å²) >= 11 is 3.32. The van der Waals surface area contributed by atoms with E-state index in [1.165, 1.54) is 12.1 Å². The standard InChI is InChI=1S/C15H14BrFN2O/c1-19(9-10-5-7-11(17)8-6-10)15(20)12-3-2-4-13(18)14(12)16/h2-8H,9,18H2,1H3. The fourth-order valence-electron chi connectivity index (χ4n) is 1.86. The number of nitrogens with zero attached hydrogens (tertiary/aromatic N) is 1. The molecule has 0 aliphatic carbocycles. The molecule has 5 heteroatoms. The minimum atomic E-state index is -0.290. The molecule has 3 nitrogen and oxygen atoms in total. The molecule has 0 saturated carbocycles. The molecule has 20 heavy (non-hydrogen) atoms. The van der Waals surface area contributed by atoms with Gasteiger partial charge in [-0.15, -0.1) is 0 Å². The zero-order valence-corrected chi connectivity index (χ0v) is 12.5. The lowest BCUT2D eigenvalue weighted by Crippen LogP contribution is -2.26. The molecule has 2 aromatic rings. The highest BCUT2D eigenvalue weighted by Gasteiger charge is 2.16. The maximum atomic E-state index is 12.8. The van der Waals surface area contributed by atoms with Crippen LogP contribution < -0.4 is 5.73 Å². The molecular formula is C15H14BrFN2O. The summed E-state index contributed by atoms with van der Waals surface area (Å²) < 4.78 is 13.4. The Morgan fingerprint density at radius 3 is 2.55 bits per heavy atom. The number of carbonyl (C=O) groups is 1. The molecule has 2 aromatic carbocycles. The van der Waals surface area contributed by atoms with Crippen LogP contribution in [0.15, 0.2) is 46.9 Å². The van der Waals surface area contributed by atoms with E-state index in [4.69, 9.17) is 5.73 Å². The number of halogens is 2. The number of carbonyl (C=O) groups excluding carboxylic acids is 1. The minimum absolute atomic E-state index is 0.145. The number of rotatable bonds is 3. The molecule has 104 valence electrons. The zero-order chi connectivity index (χ0) is 14.7. The fourth-order valence-corrected chi connectivity index (χ4v) is 2.29. The number of anilines is 1. The van der Waals surface area contributed by atoms with Gasteiger partial charge in [0, 0.05) is 19.3 Å². The Hall–Kier alpha value is -1.88. The van der Waals surface area contributed by atoms with E-state index in [1.807, 2.05) is 0 Å². The van der Waals surface area contributed by atoms with Crippen LogP contribution in [0.25, 0.3) is 0 Å². The molecule has 0 aliphatic heterocycles. The predicted octanol–water partition coefficient (Wildman–Crippen LogP) is 3.44. The van der Waals surface area contributed by atoms with Crippen molar-refractivity contribution in [1.29, 1.82) is 0 Å². The van der Waals surface area contributed by atoms with E-state index >= 15 is 0 Å². The summed E-state index contributed by atoms with van der Waals surface area (Å²) in [6, 6.07) is 11.2. The Balaban J connectivity index is 2.16. The zero-order valence-electron chi connectivity index (χ0n) is 10.9. The van der Waals surface area contributed by atoms with Gasteiger partial charge in [0.05, 0.1) is 10.0 Å². The first-order valence-electron chi connectivity index (χ1n) is 6.03. The van der Waals surface area contributed by atoms with Crippen molar-refractivity contribution >= 4 is 27.5 Å². The highest BCUT2D eigenvalue weighted by atomic mass is 79.9. The fraction of sp³-hybridized carbons (Fsp3) is 0.133. The van der Waals surface area contributed by atoms with Crippen molar-refractivity contribution in [3.63, 3.8) is 0 Å². The third-order valence-corrected chi connectivity index (χ3v) is 3.82. The van der Waals surface area contributed by atoms with Gasteiger partial charge in [0.15, 0.2) is 0 Å². The van der Waals surface area contributed by atoms with Crippen LogP contribution in [0.4, 0.5) is 10.1 Å². The Labute approximate surface area is 125 Å². The summed E-state index contributed by atoms with van der Waals surface area (Å²) in [5.74, 6) is -0.435. The number of nitrogen functional groups attached to an aromatic ring is 1. The smallest absolute Gasteiger partial charge is 0.255 e. The molecule has 0 unspecified atom stereocenters. The predicted molar refractivity (Wildman–Crippen MR) is 80.8 cm³/mol. The summed E-state index contributed by atoms with van der Waals surface area (Å²) in [6.45, 7) is 0.403. The summed E-state index contributed by atoms with van der Waals surface area (Å²) in [6.07, 6.45) is 0. The maximum Gasteiger partial charge on any atom is 0.255 e. The second-order valence-corrected chi connectivity index (χ2v) is 5.29. The average Bonchev–Trinajstić information content (AvgIpc) is 2.43. The number of hydrogen-bond donors (Lipinski definition) is 1. The third kappa shape index (κ3) is 3.17. The number of amides is 1. The van der Waals surface area contributed by atoms with Gasteiger partial charge in [0.1, 0.15) is 5.82 Å². The molecule has 0 bridgehead atoms. The van der Waals surface area contributed by atoms with E-state index in [-0.39, 0.29) is 11.7 Å². The minimum Gasteiger partial charge on any atom is -0.398 e. The highest BCUT2D eigenvalue weighted by molar-refractivity contribution is 9.10. The maximum absolute atomic E-state index is 12.8. The molecule has 1 amide bonds. The number of benzene rings is 2. The van der Waals surface area contributed by atoms with Crippen molar-refractivity contribution in [2.24, 2.45) is 0 Å². The monoisotopic (exact) mass is 336 g/mol.